The molecular formula is C14H19BrO3. The highest BCUT2D eigenvalue weighted by molar-refractivity contribution is 9.08. The van der Waals surface area contributed by atoms with E-state index in [2.05, 4.69) is 22.9 Å². The summed E-state index contributed by atoms with van der Waals surface area (Å²) in [5.41, 5.74) is 1.17. The lowest BCUT2D eigenvalue weighted by Gasteiger charge is -2.15. The Morgan fingerprint density at radius 3 is 2.78 bits per heavy atom. The molecule has 2 atom stereocenters. The lowest BCUT2D eigenvalue weighted by molar-refractivity contribution is 0.0259. The van der Waals surface area contributed by atoms with E-state index in [1.54, 1.807) is 7.11 Å². The summed E-state index contributed by atoms with van der Waals surface area (Å²) in [5.74, 6) is 1.56. The topological polar surface area (TPSA) is 27.7 Å². The molecule has 1 saturated heterocycles. The van der Waals surface area contributed by atoms with Crippen LogP contribution in [0.4, 0.5) is 0 Å². The van der Waals surface area contributed by atoms with Gasteiger partial charge in [0.2, 0.25) is 0 Å². The van der Waals surface area contributed by atoms with Crippen LogP contribution in [-0.2, 0) is 10.1 Å². The molecule has 2 rings (SSSR count). The number of benzene rings is 1. The molecular weight excluding hydrogens is 296 g/mol. The summed E-state index contributed by atoms with van der Waals surface area (Å²) >= 11 is 3.43. The van der Waals surface area contributed by atoms with Gasteiger partial charge in [-0.1, -0.05) is 22.0 Å². The molecule has 0 N–H and O–H groups in total. The van der Waals surface area contributed by atoms with Gasteiger partial charge in [-0.3, -0.25) is 0 Å². The molecule has 0 bridgehead atoms. The van der Waals surface area contributed by atoms with E-state index in [-0.39, 0.29) is 6.10 Å². The molecule has 0 aliphatic carbocycles. The molecule has 0 spiro atoms. The van der Waals surface area contributed by atoms with Gasteiger partial charge in [0.15, 0.2) is 11.5 Å². The van der Waals surface area contributed by atoms with Crippen molar-refractivity contribution in [2.75, 3.05) is 13.7 Å². The van der Waals surface area contributed by atoms with Crippen LogP contribution in [0.2, 0.25) is 0 Å². The summed E-state index contributed by atoms with van der Waals surface area (Å²) in [4.78, 5) is 0. The molecule has 1 aliphatic rings. The largest absolute Gasteiger partial charge is 0.493 e. The summed E-state index contributed by atoms with van der Waals surface area (Å²) in [6, 6.07) is 5.97. The van der Waals surface area contributed by atoms with Crippen LogP contribution in [0.5, 0.6) is 11.5 Å². The zero-order valence-corrected chi connectivity index (χ0v) is 12.4. The fraction of sp³-hybridized carbons (Fsp3) is 0.571. The molecule has 0 radical (unpaired) electrons. The molecule has 1 fully saturated rings. The standard InChI is InChI=1S/C14H19BrO3/c1-10-3-5-12(18-10)9-17-13-6-4-11(8-15)7-14(13)16-2/h4,6-7,10,12H,3,5,8-9H2,1-2H3. The Balaban J connectivity index is 1.96. The highest BCUT2D eigenvalue weighted by Gasteiger charge is 2.22. The van der Waals surface area contributed by atoms with Gasteiger partial charge in [-0.2, -0.15) is 0 Å². The number of hydrogen-bond acceptors (Lipinski definition) is 3. The molecule has 1 heterocycles. The molecule has 100 valence electrons. The number of methoxy groups -OCH3 is 1. The summed E-state index contributed by atoms with van der Waals surface area (Å²) in [6.07, 6.45) is 2.76. The Kier molecular flexibility index (Phi) is 4.89. The van der Waals surface area contributed by atoms with E-state index in [0.29, 0.717) is 12.7 Å². The Labute approximate surface area is 117 Å². The quantitative estimate of drug-likeness (QED) is 0.778. The fourth-order valence-electron chi connectivity index (χ4n) is 2.10. The van der Waals surface area contributed by atoms with Gasteiger partial charge in [0, 0.05) is 5.33 Å². The van der Waals surface area contributed by atoms with Crippen molar-refractivity contribution in [2.45, 2.75) is 37.3 Å². The second kappa shape index (κ2) is 6.43. The summed E-state index contributed by atoms with van der Waals surface area (Å²) in [5, 5.41) is 0.812. The third-order valence-electron chi connectivity index (χ3n) is 3.13. The Morgan fingerprint density at radius 2 is 2.17 bits per heavy atom. The summed E-state index contributed by atoms with van der Waals surface area (Å²) in [7, 11) is 1.66. The molecule has 1 aromatic carbocycles. The van der Waals surface area contributed by atoms with Gasteiger partial charge in [-0.05, 0) is 37.5 Å². The lowest BCUT2D eigenvalue weighted by Crippen LogP contribution is -2.18. The maximum Gasteiger partial charge on any atom is 0.161 e. The van der Waals surface area contributed by atoms with Crippen molar-refractivity contribution >= 4 is 15.9 Å². The molecule has 1 aliphatic heterocycles. The van der Waals surface area contributed by atoms with Crippen LogP contribution < -0.4 is 9.47 Å². The van der Waals surface area contributed by atoms with Gasteiger partial charge in [0.05, 0.1) is 19.3 Å². The highest BCUT2D eigenvalue weighted by Crippen LogP contribution is 2.30. The van der Waals surface area contributed by atoms with Crippen molar-refractivity contribution in [3.05, 3.63) is 23.8 Å². The Bertz CT molecular complexity index is 395. The molecule has 1 aromatic rings. The predicted molar refractivity (Wildman–Crippen MR) is 74.7 cm³/mol. The zero-order valence-electron chi connectivity index (χ0n) is 10.8. The van der Waals surface area contributed by atoms with E-state index in [1.807, 2.05) is 18.2 Å². The third-order valence-corrected chi connectivity index (χ3v) is 3.77. The molecule has 18 heavy (non-hydrogen) atoms. The van der Waals surface area contributed by atoms with Crippen LogP contribution in [0.3, 0.4) is 0 Å². The van der Waals surface area contributed by atoms with E-state index in [4.69, 9.17) is 14.2 Å². The number of rotatable bonds is 5. The van der Waals surface area contributed by atoms with Crippen LogP contribution in [0.15, 0.2) is 18.2 Å². The van der Waals surface area contributed by atoms with Gasteiger partial charge in [-0.25, -0.2) is 0 Å². The lowest BCUT2D eigenvalue weighted by atomic mass is 10.2. The molecule has 2 unspecified atom stereocenters. The average Bonchev–Trinajstić information content (AvgIpc) is 2.82. The van der Waals surface area contributed by atoms with Crippen LogP contribution in [0.1, 0.15) is 25.3 Å². The monoisotopic (exact) mass is 314 g/mol. The maximum atomic E-state index is 5.79. The minimum atomic E-state index is 0.209. The molecule has 0 amide bonds. The highest BCUT2D eigenvalue weighted by atomic mass is 79.9. The van der Waals surface area contributed by atoms with E-state index in [0.717, 1.165) is 29.7 Å². The van der Waals surface area contributed by atoms with Crippen molar-refractivity contribution in [3.8, 4) is 11.5 Å². The number of ether oxygens (including phenoxy) is 3. The first-order valence-corrected chi connectivity index (χ1v) is 7.36. The second-order valence-electron chi connectivity index (χ2n) is 4.58. The van der Waals surface area contributed by atoms with E-state index in [9.17, 15) is 0 Å². The van der Waals surface area contributed by atoms with E-state index >= 15 is 0 Å². The van der Waals surface area contributed by atoms with Crippen molar-refractivity contribution < 1.29 is 14.2 Å². The van der Waals surface area contributed by atoms with Gasteiger partial charge in [-0.15, -0.1) is 0 Å². The summed E-state index contributed by atoms with van der Waals surface area (Å²) in [6.45, 7) is 2.69. The van der Waals surface area contributed by atoms with Gasteiger partial charge in [0.25, 0.3) is 0 Å². The minimum Gasteiger partial charge on any atom is -0.493 e. The molecule has 0 saturated carbocycles. The van der Waals surface area contributed by atoms with Crippen molar-refractivity contribution in [3.63, 3.8) is 0 Å². The molecule has 0 aromatic heterocycles. The normalized spacial score (nSPS) is 23.1. The average molecular weight is 315 g/mol. The number of halogens is 1. The van der Waals surface area contributed by atoms with Gasteiger partial charge in [0.1, 0.15) is 6.61 Å². The maximum absolute atomic E-state index is 5.79. The van der Waals surface area contributed by atoms with E-state index < -0.39 is 0 Å². The molecule has 4 heteroatoms. The number of alkyl halides is 1. The first kappa shape index (κ1) is 13.7. The van der Waals surface area contributed by atoms with Crippen molar-refractivity contribution in [1.29, 1.82) is 0 Å². The Hall–Kier alpha value is -0.740. The van der Waals surface area contributed by atoms with E-state index in [1.165, 1.54) is 5.56 Å². The smallest absolute Gasteiger partial charge is 0.161 e. The first-order valence-electron chi connectivity index (χ1n) is 6.24. The SMILES string of the molecule is COc1cc(CBr)ccc1OCC1CCC(C)O1. The fourth-order valence-corrected chi connectivity index (χ4v) is 2.45. The predicted octanol–water partition coefficient (Wildman–Crippen LogP) is 3.54. The zero-order chi connectivity index (χ0) is 13.0. The van der Waals surface area contributed by atoms with Crippen LogP contribution in [0, 0.1) is 0 Å². The first-order chi connectivity index (χ1) is 8.72. The van der Waals surface area contributed by atoms with Crippen LogP contribution >= 0.6 is 15.9 Å². The third kappa shape index (κ3) is 3.39. The Morgan fingerprint density at radius 1 is 1.33 bits per heavy atom. The molecule has 3 nitrogen and oxygen atoms in total. The second-order valence-corrected chi connectivity index (χ2v) is 5.14. The summed E-state index contributed by atoms with van der Waals surface area (Å²) < 4.78 is 16.9. The minimum absolute atomic E-state index is 0.209. The number of hydrogen-bond donors (Lipinski definition) is 0. The van der Waals surface area contributed by atoms with Crippen molar-refractivity contribution in [1.82, 2.24) is 0 Å². The van der Waals surface area contributed by atoms with Gasteiger partial charge < -0.3 is 14.2 Å². The van der Waals surface area contributed by atoms with Gasteiger partial charge >= 0.3 is 0 Å². The van der Waals surface area contributed by atoms with Crippen LogP contribution in [0.25, 0.3) is 0 Å². The van der Waals surface area contributed by atoms with Crippen LogP contribution in [-0.4, -0.2) is 25.9 Å². The van der Waals surface area contributed by atoms with Crippen molar-refractivity contribution in [2.24, 2.45) is 0 Å².